The second kappa shape index (κ2) is 13.2. The van der Waals surface area contributed by atoms with Crippen molar-refractivity contribution in [3.05, 3.63) is 41.1 Å². The lowest BCUT2D eigenvalue weighted by Gasteiger charge is -2.26. The number of carbonyl (C=O) groups excluding carboxylic acids is 1. The molecule has 8 nitrogen and oxygen atoms in total. The summed E-state index contributed by atoms with van der Waals surface area (Å²) in [6.45, 7) is 12.0. The van der Waals surface area contributed by atoms with Gasteiger partial charge in [0.2, 0.25) is 10.0 Å². The largest absolute Gasteiger partial charge is 0.481 e. The van der Waals surface area contributed by atoms with E-state index in [1.807, 2.05) is 6.92 Å². The van der Waals surface area contributed by atoms with Crippen molar-refractivity contribution in [2.75, 3.05) is 6.54 Å². The van der Waals surface area contributed by atoms with Crippen LogP contribution in [0.15, 0.2) is 29.2 Å². The first-order valence-corrected chi connectivity index (χ1v) is 16.6. The van der Waals surface area contributed by atoms with Gasteiger partial charge < -0.3 is 15.0 Å². The Hall–Kier alpha value is -2.86. The van der Waals surface area contributed by atoms with Crippen LogP contribution in [-0.4, -0.2) is 48.7 Å². The molecule has 1 amide bonds. The minimum atomic E-state index is -4.74. The van der Waals surface area contributed by atoms with Crippen LogP contribution in [-0.2, 0) is 26.8 Å². The van der Waals surface area contributed by atoms with Gasteiger partial charge >= 0.3 is 12.1 Å². The van der Waals surface area contributed by atoms with Crippen LogP contribution in [0.5, 0.6) is 0 Å². The fourth-order valence-corrected chi connectivity index (χ4v) is 7.17. The Morgan fingerprint density at radius 2 is 1.66 bits per heavy atom. The number of nitrogens with zero attached hydrogens (tertiary/aromatic N) is 1. The van der Waals surface area contributed by atoms with Crippen molar-refractivity contribution in [1.29, 1.82) is 0 Å². The molecule has 0 unspecified atom stereocenters. The number of carboxylic acid groups (broad SMARTS) is 1. The molecule has 1 heterocycles. The molecule has 3 rings (SSSR count). The number of sulfonamides is 1. The monoisotopic (exact) mass is 641 g/mol. The average Bonchev–Trinajstić information content (AvgIpc) is 3.23. The van der Waals surface area contributed by atoms with E-state index in [1.54, 1.807) is 57.5 Å². The molecule has 1 saturated carbocycles. The SMILES string of the molecule is Cc1c(C(=O)NCCC(C)(C)C(=O)O)cc(-c2ccc(S(=O)(=O)N[C@@H](C)C(F)(F)F)c(C(C)(C)C)c2)n1CC1CCCCC1. The first-order valence-electron chi connectivity index (χ1n) is 15.1. The molecule has 0 aliphatic heterocycles. The molecule has 0 spiro atoms. The van der Waals surface area contributed by atoms with Gasteiger partial charge in [-0.25, -0.2) is 8.42 Å². The van der Waals surface area contributed by atoms with Gasteiger partial charge in [0.1, 0.15) is 6.04 Å². The fourth-order valence-electron chi connectivity index (χ4n) is 5.54. The minimum Gasteiger partial charge on any atom is -0.481 e. The molecular formula is C32H46F3N3O5S. The van der Waals surface area contributed by atoms with E-state index in [2.05, 4.69) is 9.88 Å². The first-order chi connectivity index (χ1) is 20.1. The molecule has 0 bridgehead atoms. The van der Waals surface area contributed by atoms with Gasteiger partial charge in [-0.05, 0) is 87.6 Å². The van der Waals surface area contributed by atoms with Gasteiger partial charge in [0.15, 0.2) is 0 Å². The average molecular weight is 642 g/mol. The van der Waals surface area contributed by atoms with E-state index in [0.717, 1.165) is 38.3 Å². The number of carbonyl (C=O) groups is 2. The highest BCUT2D eigenvalue weighted by Gasteiger charge is 2.40. The highest BCUT2D eigenvalue weighted by molar-refractivity contribution is 7.89. The Morgan fingerprint density at radius 1 is 1.05 bits per heavy atom. The molecule has 0 radical (unpaired) electrons. The molecule has 44 heavy (non-hydrogen) atoms. The second-order valence-electron chi connectivity index (χ2n) is 13.7. The van der Waals surface area contributed by atoms with Crippen LogP contribution < -0.4 is 10.0 Å². The summed E-state index contributed by atoms with van der Waals surface area (Å²) in [4.78, 5) is 24.6. The van der Waals surface area contributed by atoms with E-state index in [4.69, 9.17) is 0 Å². The van der Waals surface area contributed by atoms with Crippen LogP contribution in [0, 0.1) is 18.3 Å². The van der Waals surface area contributed by atoms with Crippen molar-refractivity contribution >= 4 is 21.9 Å². The third-order valence-electron chi connectivity index (χ3n) is 8.59. The van der Waals surface area contributed by atoms with E-state index in [1.165, 1.54) is 12.5 Å². The van der Waals surface area contributed by atoms with E-state index >= 15 is 0 Å². The van der Waals surface area contributed by atoms with Gasteiger partial charge in [-0.2, -0.15) is 17.9 Å². The van der Waals surface area contributed by atoms with Crippen molar-refractivity contribution in [1.82, 2.24) is 14.6 Å². The summed E-state index contributed by atoms with van der Waals surface area (Å²) >= 11 is 0. The topological polar surface area (TPSA) is 118 Å². The number of hydrogen-bond acceptors (Lipinski definition) is 4. The Balaban J connectivity index is 2.08. The van der Waals surface area contributed by atoms with Gasteiger partial charge in [-0.3, -0.25) is 9.59 Å². The number of alkyl halides is 3. The van der Waals surface area contributed by atoms with Gasteiger partial charge in [0.25, 0.3) is 5.91 Å². The summed E-state index contributed by atoms with van der Waals surface area (Å²) in [6, 6.07) is 4.09. The molecule has 1 aliphatic rings. The van der Waals surface area contributed by atoms with Gasteiger partial charge in [-0.15, -0.1) is 0 Å². The lowest BCUT2D eigenvalue weighted by atomic mass is 9.85. The maximum atomic E-state index is 13.4. The lowest BCUT2D eigenvalue weighted by molar-refractivity contribution is -0.147. The molecule has 1 aromatic heterocycles. The Labute approximate surface area is 258 Å². The van der Waals surface area contributed by atoms with Gasteiger partial charge in [-0.1, -0.05) is 46.1 Å². The molecule has 2 aromatic rings. The van der Waals surface area contributed by atoms with Crippen molar-refractivity contribution in [2.45, 2.75) is 116 Å². The molecular weight excluding hydrogens is 595 g/mol. The smallest absolute Gasteiger partial charge is 0.404 e. The maximum Gasteiger partial charge on any atom is 0.404 e. The molecule has 1 fully saturated rings. The fraction of sp³-hybridized carbons (Fsp3) is 0.625. The number of carboxylic acids is 1. The normalized spacial score (nSPS) is 16.1. The predicted molar refractivity (Wildman–Crippen MR) is 164 cm³/mol. The summed E-state index contributed by atoms with van der Waals surface area (Å²) in [5, 5.41) is 12.3. The molecule has 1 aliphatic carbocycles. The van der Waals surface area contributed by atoms with Crippen LogP contribution >= 0.6 is 0 Å². The number of aliphatic carboxylic acids is 1. The number of nitrogens with one attached hydrogen (secondary N) is 2. The summed E-state index contributed by atoms with van der Waals surface area (Å²) in [5.74, 6) is -0.893. The molecule has 12 heteroatoms. The van der Waals surface area contributed by atoms with Gasteiger partial charge in [0.05, 0.1) is 15.9 Å². The number of hydrogen-bond donors (Lipinski definition) is 3. The number of aromatic nitrogens is 1. The van der Waals surface area contributed by atoms with Crippen LogP contribution in [0.1, 0.15) is 102 Å². The van der Waals surface area contributed by atoms with Crippen LogP contribution in [0.4, 0.5) is 13.2 Å². The number of halogens is 3. The highest BCUT2D eigenvalue weighted by atomic mass is 32.2. The predicted octanol–water partition coefficient (Wildman–Crippen LogP) is 6.80. The first kappa shape index (κ1) is 35.6. The zero-order valence-electron chi connectivity index (χ0n) is 26.7. The number of amides is 1. The van der Waals surface area contributed by atoms with Crippen molar-refractivity contribution in [3.8, 4) is 11.3 Å². The zero-order chi connectivity index (χ0) is 33.3. The minimum absolute atomic E-state index is 0.171. The summed E-state index contributed by atoms with van der Waals surface area (Å²) in [6.07, 6.45) is 1.03. The third-order valence-corrected chi connectivity index (χ3v) is 10.2. The highest BCUT2D eigenvalue weighted by Crippen LogP contribution is 2.36. The molecule has 0 saturated heterocycles. The summed E-state index contributed by atoms with van der Waals surface area (Å²) in [7, 11) is -4.52. The molecule has 1 atom stereocenters. The third kappa shape index (κ3) is 8.44. The standard InChI is InChI=1S/C32H46F3N3O5S/c1-20-24(28(39)36-16-15-31(6,7)29(40)41)18-26(38(20)19-22-11-9-8-10-12-22)23-13-14-27(25(17-23)30(3,4)5)44(42,43)37-21(2)32(33,34)35/h13-14,17-18,21-22,37H,8-12,15-16,19H2,1-7H3,(H,36,39)(H,40,41)/t21-/m0/s1. The van der Waals surface area contributed by atoms with E-state index < -0.39 is 39.0 Å². The lowest BCUT2D eigenvalue weighted by Crippen LogP contribution is -2.43. The van der Waals surface area contributed by atoms with Crippen LogP contribution in [0.3, 0.4) is 0 Å². The van der Waals surface area contributed by atoms with Crippen molar-refractivity contribution in [3.63, 3.8) is 0 Å². The van der Waals surface area contributed by atoms with E-state index in [0.29, 0.717) is 34.8 Å². The molecule has 246 valence electrons. The number of benzene rings is 1. The quantitative estimate of drug-likeness (QED) is 0.250. The maximum absolute atomic E-state index is 13.4. The van der Waals surface area contributed by atoms with Crippen LogP contribution in [0.25, 0.3) is 11.3 Å². The molecule has 3 N–H and O–H groups in total. The Morgan fingerprint density at radius 3 is 2.20 bits per heavy atom. The van der Waals surface area contributed by atoms with Crippen molar-refractivity contribution in [2.24, 2.45) is 11.3 Å². The van der Waals surface area contributed by atoms with Crippen molar-refractivity contribution < 1.29 is 36.3 Å². The zero-order valence-corrected chi connectivity index (χ0v) is 27.5. The number of rotatable bonds is 11. The summed E-state index contributed by atoms with van der Waals surface area (Å²) < 4.78 is 69.9. The van der Waals surface area contributed by atoms with E-state index in [-0.39, 0.29) is 23.8 Å². The Bertz CT molecular complexity index is 1470. The molecule has 1 aromatic carbocycles. The van der Waals surface area contributed by atoms with Gasteiger partial charge in [0, 0.05) is 24.5 Å². The second-order valence-corrected chi connectivity index (χ2v) is 15.4. The summed E-state index contributed by atoms with van der Waals surface area (Å²) in [5.41, 5.74) is 1.11. The Kier molecular flexibility index (Phi) is 10.7. The van der Waals surface area contributed by atoms with Crippen LogP contribution in [0.2, 0.25) is 0 Å². The van der Waals surface area contributed by atoms with E-state index in [9.17, 15) is 36.3 Å².